The molecule has 116 valence electrons. The van der Waals surface area contributed by atoms with Crippen molar-refractivity contribution in [1.29, 1.82) is 0 Å². The number of hydrogen-bond donors (Lipinski definition) is 1. The highest BCUT2D eigenvalue weighted by Crippen LogP contribution is 2.15. The summed E-state index contributed by atoms with van der Waals surface area (Å²) >= 11 is 1.47. The van der Waals surface area contributed by atoms with Crippen molar-refractivity contribution in [3.63, 3.8) is 0 Å². The highest BCUT2D eigenvalue weighted by molar-refractivity contribution is 7.07. The Kier molecular flexibility index (Phi) is 4.34. The normalized spacial score (nSPS) is 10.5. The first-order valence-corrected chi connectivity index (χ1v) is 8.00. The number of carbonyl (C=O) groups is 1. The number of rotatable bonds is 4. The number of nitrogens with zero attached hydrogens (tertiary/aromatic N) is 2. The van der Waals surface area contributed by atoms with Crippen LogP contribution in [0.25, 0.3) is 11.3 Å². The molecule has 2 aromatic heterocycles. The highest BCUT2D eigenvalue weighted by atomic mass is 32.1. The second kappa shape index (κ2) is 6.58. The number of amides is 1. The van der Waals surface area contributed by atoms with Crippen LogP contribution in [0.5, 0.6) is 0 Å². The van der Waals surface area contributed by atoms with Gasteiger partial charge in [0.1, 0.15) is 5.56 Å². The zero-order valence-corrected chi connectivity index (χ0v) is 13.3. The first kappa shape index (κ1) is 15.2. The molecule has 0 radical (unpaired) electrons. The lowest BCUT2D eigenvalue weighted by molar-refractivity contribution is 0.0782. The molecule has 0 aliphatic rings. The van der Waals surface area contributed by atoms with Gasteiger partial charge in [-0.1, -0.05) is 30.3 Å². The molecule has 0 aliphatic carbocycles. The Morgan fingerprint density at radius 3 is 2.65 bits per heavy atom. The minimum Gasteiger partial charge on any atom is -0.336 e. The molecule has 3 aromatic rings. The van der Waals surface area contributed by atoms with Gasteiger partial charge in [-0.05, 0) is 17.7 Å². The van der Waals surface area contributed by atoms with Crippen molar-refractivity contribution >= 4 is 17.2 Å². The number of aromatic nitrogens is 2. The van der Waals surface area contributed by atoms with E-state index in [2.05, 4.69) is 9.97 Å². The molecule has 1 amide bonds. The number of aromatic amines is 1. The maximum Gasteiger partial charge on any atom is 0.261 e. The van der Waals surface area contributed by atoms with Gasteiger partial charge in [-0.3, -0.25) is 9.59 Å². The largest absolute Gasteiger partial charge is 0.336 e. The molecule has 0 spiro atoms. The van der Waals surface area contributed by atoms with Crippen molar-refractivity contribution in [3.8, 4) is 11.3 Å². The number of pyridine rings is 1. The first-order valence-electron chi connectivity index (χ1n) is 7.06. The fraction of sp³-hybridized carbons (Fsp3) is 0.118. The van der Waals surface area contributed by atoms with E-state index in [1.165, 1.54) is 16.2 Å². The van der Waals surface area contributed by atoms with Crippen molar-refractivity contribution in [2.24, 2.45) is 0 Å². The molecule has 0 atom stereocenters. The lowest BCUT2D eigenvalue weighted by Crippen LogP contribution is -2.31. The fourth-order valence-corrected chi connectivity index (χ4v) is 2.81. The monoisotopic (exact) mass is 325 g/mol. The molecule has 23 heavy (non-hydrogen) atoms. The third kappa shape index (κ3) is 3.37. The first-order chi connectivity index (χ1) is 11.1. The Bertz CT molecular complexity index is 857. The summed E-state index contributed by atoms with van der Waals surface area (Å²) in [5, 5.41) is 1.88. The Hall–Kier alpha value is -2.73. The van der Waals surface area contributed by atoms with Gasteiger partial charge in [0, 0.05) is 18.1 Å². The van der Waals surface area contributed by atoms with Gasteiger partial charge in [0.05, 0.1) is 17.7 Å². The maximum atomic E-state index is 12.4. The topological polar surface area (TPSA) is 66.1 Å². The summed E-state index contributed by atoms with van der Waals surface area (Å²) in [6.07, 6.45) is 0. The van der Waals surface area contributed by atoms with Gasteiger partial charge >= 0.3 is 0 Å². The fourth-order valence-electron chi connectivity index (χ4n) is 2.26. The SMILES string of the molecule is CN(Cc1cscn1)C(=O)c1ccc(-c2ccccc2)[nH]c1=O. The van der Waals surface area contributed by atoms with Crippen LogP contribution in [-0.4, -0.2) is 27.8 Å². The van der Waals surface area contributed by atoms with Crippen LogP contribution in [0.1, 0.15) is 16.1 Å². The molecule has 0 saturated carbocycles. The summed E-state index contributed by atoms with van der Waals surface area (Å²) in [4.78, 5) is 33.1. The third-order valence-electron chi connectivity index (χ3n) is 3.45. The molecule has 0 unspecified atom stereocenters. The number of benzene rings is 1. The number of nitrogens with one attached hydrogen (secondary N) is 1. The van der Waals surface area contributed by atoms with Crippen LogP contribution in [0.15, 0.2) is 58.1 Å². The van der Waals surface area contributed by atoms with Crippen molar-refractivity contribution in [2.75, 3.05) is 7.05 Å². The van der Waals surface area contributed by atoms with Gasteiger partial charge in [0.25, 0.3) is 11.5 Å². The highest BCUT2D eigenvalue weighted by Gasteiger charge is 2.16. The lowest BCUT2D eigenvalue weighted by Gasteiger charge is -2.15. The minimum absolute atomic E-state index is 0.127. The molecule has 5 nitrogen and oxygen atoms in total. The summed E-state index contributed by atoms with van der Waals surface area (Å²) in [7, 11) is 1.66. The van der Waals surface area contributed by atoms with Crippen LogP contribution in [0.2, 0.25) is 0 Å². The summed E-state index contributed by atoms with van der Waals surface area (Å²) in [5.41, 5.74) is 3.86. The van der Waals surface area contributed by atoms with Gasteiger partial charge in [-0.2, -0.15) is 0 Å². The number of carbonyl (C=O) groups excluding carboxylic acids is 1. The van der Waals surface area contributed by atoms with E-state index in [4.69, 9.17) is 0 Å². The van der Waals surface area contributed by atoms with E-state index in [1.54, 1.807) is 24.7 Å². The van der Waals surface area contributed by atoms with Gasteiger partial charge in [-0.15, -0.1) is 11.3 Å². The summed E-state index contributed by atoms with van der Waals surface area (Å²) in [6, 6.07) is 12.8. The Balaban J connectivity index is 1.83. The van der Waals surface area contributed by atoms with E-state index >= 15 is 0 Å². The van der Waals surface area contributed by atoms with Gasteiger partial charge in [0.2, 0.25) is 0 Å². The van der Waals surface area contributed by atoms with E-state index in [-0.39, 0.29) is 17.0 Å². The quantitative estimate of drug-likeness (QED) is 0.802. The average molecular weight is 325 g/mol. The van der Waals surface area contributed by atoms with Crippen molar-refractivity contribution in [1.82, 2.24) is 14.9 Å². The van der Waals surface area contributed by atoms with Crippen molar-refractivity contribution in [3.05, 3.63) is 75.0 Å². The van der Waals surface area contributed by atoms with Crippen LogP contribution >= 0.6 is 11.3 Å². The van der Waals surface area contributed by atoms with Gasteiger partial charge in [0.15, 0.2) is 0 Å². The molecule has 1 N–H and O–H groups in total. The number of hydrogen-bond acceptors (Lipinski definition) is 4. The standard InChI is InChI=1S/C17H15N3O2S/c1-20(9-13-10-23-11-18-13)17(22)14-7-8-15(19-16(14)21)12-5-3-2-4-6-12/h2-8,10-11H,9H2,1H3,(H,19,21). The van der Waals surface area contributed by atoms with Crippen LogP contribution in [0.3, 0.4) is 0 Å². The van der Waals surface area contributed by atoms with E-state index in [1.807, 2.05) is 35.7 Å². The van der Waals surface area contributed by atoms with Gasteiger partial charge < -0.3 is 9.88 Å². The molecule has 3 rings (SSSR count). The molecular formula is C17H15N3O2S. The van der Waals surface area contributed by atoms with Crippen LogP contribution in [0, 0.1) is 0 Å². The van der Waals surface area contributed by atoms with Crippen LogP contribution in [0.4, 0.5) is 0 Å². The van der Waals surface area contributed by atoms with Crippen molar-refractivity contribution in [2.45, 2.75) is 6.54 Å². The molecule has 6 heteroatoms. The second-order valence-electron chi connectivity index (χ2n) is 5.12. The Morgan fingerprint density at radius 1 is 1.22 bits per heavy atom. The molecule has 2 heterocycles. The van der Waals surface area contributed by atoms with E-state index in [0.717, 1.165) is 11.3 Å². The second-order valence-corrected chi connectivity index (χ2v) is 5.84. The van der Waals surface area contributed by atoms with E-state index in [9.17, 15) is 9.59 Å². The Labute approximate surface area is 137 Å². The van der Waals surface area contributed by atoms with Crippen molar-refractivity contribution < 1.29 is 4.79 Å². The molecule has 0 saturated heterocycles. The maximum absolute atomic E-state index is 12.4. The molecule has 0 bridgehead atoms. The van der Waals surface area contributed by atoms with Gasteiger partial charge in [-0.25, -0.2) is 4.98 Å². The average Bonchev–Trinajstić information content (AvgIpc) is 3.08. The van der Waals surface area contributed by atoms with E-state index < -0.39 is 0 Å². The summed E-state index contributed by atoms with van der Waals surface area (Å²) in [5.74, 6) is -0.320. The number of H-pyrrole nitrogens is 1. The van der Waals surface area contributed by atoms with E-state index in [0.29, 0.717) is 12.2 Å². The Morgan fingerprint density at radius 2 is 2.00 bits per heavy atom. The molecule has 0 aliphatic heterocycles. The predicted octanol–water partition coefficient (Wildman–Crippen LogP) is 2.77. The minimum atomic E-state index is -0.388. The lowest BCUT2D eigenvalue weighted by atomic mass is 10.1. The molecule has 0 fully saturated rings. The van der Waals surface area contributed by atoms with Crippen LogP contribution < -0.4 is 5.56 Å². The molecular weight excluding hydrogens is 310 g/mol. The zero-order chi connectivity index (χ0) is 16.2. The summed E-state index contributed by atoms with van der Waals surface area (Å²) in [6.45, 7) is 0.377. The third-order valence-corrected chi connectivity index (χ3v) is 4.09. The number of thiazole rings is 1. The smallest absolute Gasteiger partial charge is 0.261 e. The summed E-state index contributed by atoms with van der Waals surface area (Å²) < 4.78 is 0. The van der Waals surface area contributed by atoms with Crippen LogP contribution in [-0.2, 0) is 6.54 Å². The zero-order valence-electron chi connectivity index (χ0n) is 12.5. The predicted molar refractivity (Wildman–Crippen MR) is 90.4 cm³/mol. The molecule has 1 aromatic carbocycles.